The molecule has 3 fully saturated rings. The molecule has 2 saturated heterocycles. The summed E-state index contributed by atoms with van der Waals surface area (Å²) in [6.07, 6.45) is 10.0. The number of fused-ring (bicyclic) bond motifs is 3. The first-order chi connectivity index (χ1) is 20.5. The van der Waals surface area contributed by atoms with Gasteiger partial charge in [-0.1, -0.05) is 19.8 Å². The number of carbonyl (C=O) groups is 2. The molecule has 1 saturated carbocycles. The molecule has 0 bridgehead atoms. The molecule has 0 spiro atoms. The summed E-state index contributed by atoms with van der Waals surface area (Å²) < 4.78 is 12.1. The predicted octanol–water partition coefficient (Wildman–Crippen LogP) is 3.25. The van der Waals surface area contributed by atoms with Crippen molar-refractivity contribution < 1.29 is 19.1 Å². The summed E-state index contributed by atoms with van der Waals surface area (Å²) in [7, 11) is 1.81. The fraction of sp³-hybridized carbons (Fsp3) is 0.613. The number of ether oxygens (including phenoxy) is 2. The van der Waals surface area contributed by atoms with Crippen LogP contribution in [0.4, 0.5) is 23.1 Å². The molecular weight excluding hydrogens is 534 g/mol. The van der Waals surface area contributed by atoms with Gasteiger partial charge < -0.3 is 29.9 Å². The van der Waals surface area contributed by atoms with E-state index in [0.29, 0.717) is 48.9 Å². The van der Waals surface area contributed by atoms with Gasteiger partial charge >= 0.3 is 0 Å². The number of amides is 2. The Morgan fingerprint density at radius 2 is 1.98 bits per heavy atom. The molecule has 3 atom stereocenters. The molecule has 11 nitrogen and oxygen atoms in total. The third-order valence-electron chi connectivity index (χ3n) is 9.71. The molecule has 0 unspecified atom stereocenters. The number of benzene rings is 1. The number of aromatic nitrogens is 2. The lowest BCUT2D eigenvalue weighted by Gasteiger charge is -2.43. The topological polar surface area (TPSA) is 112 Å². The minimum absolute atomic E-state index is 0.0140. The zero-order chi connectivity index (χ0) is 28.8. The molecule has 2 N–H and O–H groups in total. The Morgan fingerprint density at radius 3 is 2.81 bits per heavy atom. The number of nitrogens with one attached hydrogen (secondary N) is 2. The first-order valence-electron chi connectivity index (χ1n) is 15.6. The van der Waals surface area contributed by atoms with Gasteiger partial charge in [0.05, 0.1) is 31.2 Å². The van der Waals surface area contributed by atoms with Crippen LogP contribution in [-0.4, -0.2) is 90.8 Å². The Bertz CT molecular complexity index is 1360. The molecule has 1 aromatic carbocycles. The van der Waals surface area contributed by atoms with Crippen molar-refractivity contribution >= 4 is 35.0 Å². The summed E-state index contributed by atoms with van der Waals surface area (Å²) in [5.41, 5.74) is 2.99. The quantitative estimate of drug-likeness (QED) is 0.514. The molecule has 4 aliphatic heterocycles. The van der Waals surface area contributed by atoms with Crippen LogP contribution in [0.2, 0.25) is 0 Å². The maximum absolute atomic E-state index is 13.3. The number of hydrogen-bond acceptors (Lipinski definition) is 9. The highest BCUT2D eigenvalue weighted by molar-refractivity contribution is 6.04. The summed E-state index contributed by atoms with van der Waals surface area (Å²) in [4.78, 5) is 42.4. The van der Waals surface area contributed by atoms with E-state index >= 15 is 0 Å². The zero-order valence-electron chi connectivity index (χ0n) is 24.6. The largest absolute Gasteiger partial charge is 0.491 e. The van der Waals surface area contributed by atoms with Crippen molar-refractivity contribution in [3.63, 3.8) is 0 Å². The van der Waals surface area contributed by atoms with Gasteiger partial charge in [-0.15, -0.1) is 0 Å². The summed E-state index contributed by atoms with van der Waals surface area (Å²) in [6.45, 7) is 5.82. The predicted molar refractivity (Wildman–Crippen MR) is 160 cm³/mol. The third kappa shape index (κ3) is 4.86. The standard InChI is InChI=1S/C31H41N7O4/c1-3-25-30(40)36(2)26-16-33-31(35-28(26)38(25)19-7-4-5-8-19)34-24-11-10-23(22-12-14-41-27(22)24)29(39)32-15-21-17-37-13-6-9-20(37)18-42-21/h10-11,16,19-21,25H,3-9,12-15,17-18H2,1-2H3,(H,32,39)(H,33,34,35)/t20-,21-,25+/m0/s1. The minimum Gasteiger partial charge on any atom is -0.491 e. The van der Waals surface area contributed by atoms with Crippen molar-refractivity contribution in [2.24, 2.45) is 0 Å². The fourth-order valence-corrected chi connectivity index (χ4v) is 7.48. The van der Waals surface area contributed by atoms with Crippen LogP contribution in [0.15, 0.2) is 18.3 Å². The van der Waals surface area contributed by atoms with E-state index in [0.717, 1.165) is 61.7 Å². The Balaban J connectivity index is 1.10. The average molecular weight is 576 g/mol. The number of rotatable bonds is 7. The van der Waals surface area contributed by atoms with Crippen LogP contribution >= 0.6 is 0 Å². The van der Waals surface area contributed by atoms with Crippen LogP contribution in [0.5, 0.6) is 5.75 Å². The van der Waals surface area contributed by atoms with Gasteiger partial charge in [-0.05, 0) is 50.8 Å². The number of carbonyl (C=O) groups excluding carboxylic acids is 2. The molecule has 224 valence electrons. The second-order valence-corrected chi connectivity index (χ2v) is 12.2. The van der Waals surface area contributed by atoms with E-state index in [4.69, 9.17) is 14.5 Å². The average Bonchev–Trinajstić information content (AvgIpc) is 3.80. The minimum atomic E-state index is -0.227. The maximum Gasteiger partial charge on any atom is 0.251 e. The number of nitrogens with zero attached hydrogens (tertiary/aromatic N) is 5. The van der Waals surface area contributed by atoms with Crippen molar-refractivity contribution in [3.05, 3.63) is 29.5 Å². The summed E-state index contributed by atoms with van der Waals surface area (Å²) in [5.74, 6) is 1.90. The Morgan fingerprint density at radius 1 is 1.14 bits per heavy atom. The van der Waals surface area contributed by atoms with E-state index in [9.17, 15) is 9.59 Å². The second kappa shape index (κ2) is 11.3. The van der Waals surface area contributed by atoms with Crippen molar-refractivity contribution in [2.75, 3.05) is 55.0 Å². The molecule has 2 aromatic rings. The van der Waals surface area contributed by atoms with Gasteiger partial charge in [-0.25, -0.2) is 4.98 Å². The van der Waals surface area contributed by atoms with Gasteiger partial charge in [0.1, 0.15) is 17.5 Å². The highest BCUT2D eigenvalue weighted by Gasteiger charge is 2.41. The van der Waals surface area contributed by atoms with Crippen LogP contribution in [0.3, 0.4) is 0 Å². The maximum atomic E-state index is 13.3. The summed E-state index contributed by atoms with van der Waals surface area (Å²) >= 11 is 0. The highest BCUT2D eigenvalue weighted by Crippen LogP contribution is 2.41. The zero-order valence-corrected chi connectivity index (χ0v) is 24.6. The van der Waals surface area contributed by atoms with E-state index < -0.39 is 0 Å². The van der Waals surface area contributed by atoms with E-state index in [1.165, 1.54) is 25.7 Å². The number of likely N-dealkylation sites (N-methyl/N-ethyl adjacent to an activating group) is 1. The first-order valence-corrected chi connectivity index (χ1v) is 15.6. The second-order valence-electron chi connectivity index (χ2n) is 12.2. The molecule has 7 rings (SSSR count). The molecule has 2 amide bonds. The molecule has 11 heteroatoms. The lowest BCUT2D eigenvalue weighted by atomic mass is 10.0. The van der Waals surface area contributed by atoms with Gasteiger partial charge in [0.2, 0.25) is 11.9 Å². The SMILES string of the molecule is CC[C@@H]1C(=O)N(C)c2cnc(Nc3ccc(C(=O)NC[C@H]4CN5CCC[C@H]5CO4)c4c3OCC4)nc2N1C1CCCC1. The lowest BCUT2D eigenvalue weighted by Crippen LogP contribution is -2.55. The van der Waals surface area contributed by atoms with Crippen molar-refractivity contribution in [1.29, 1.82) is 0 Å². The summed E-state index contributed by atoms with van der Waals surface area (Å²) in [5, 5.41) is 6.46. The molecule has 42 heavy (non-hydrogen) atoms. The van der Waals surface area contributed by atoms with E-state index in [2.05, 4.69) is 32.3 Å². The van der Waals surface area contributed by atoms with E-state index in [-0.39, 0.29) is 24.0 Å². The first kappa shape index (κ1) is 27.4. The molecule has 5 aliphatic rings. The molecule has 5 heterocycles. The molecule has 1 aliphatic carbocycles. The van der Waals surface area contributed by atoms with Crippen LogP contribution in [0, 0.1) is 0 Å². The third-order valence-corrected chi connectivity index (χ3v) is 9.71. The molecule has 1 aromatic heterocycles. The fourth-order valence-electron chi connectivity index (χ4n) is 7.48. The summed E-state index contributed by atoms with van der Waals surface area (Å²) in [6, 6.07) is 4.34. The number of hydrogen-bond donors (Lipinski definition) is 2. The number of anilines is 4. The van der Waals surface area contributed by atoms with Gasteiger partial charge in [-0.3, -0.25) is 14.5 Å². The highest BCUT2D eigenvalue weighted by atomic mass is 16.5. The Labute approximate surface area is 246 Å². The smallest absolute Gasteiger partial charge is 0.251 e. The van der Waals surface area contributed by atoms with Crippen molar-refractivity contribution in [3.8, 4) is 5.75 Å². The normalized spacial score (nSPS) is 25.7. The van der Waals surface area contributed by atoms with Crippen LogP contribution < -0.4 is 25.2 Å². The number of morpholine rings is 1. The molecular formula is C31H41N7O4. The van der Waals surface area contributed by atoms with Crippen molar-refractivity contribution in [2.45, 2.75) is 82.5 Å². The molecule has 0 radical (unpaired) electrons. The van der Waals surface area contributed by atoms with Gasteiger partial charge in [0, 0.05) is 49.8 Å². The van der Waals surface area contributed by atoms with Crippen LogP contribution in [0.1, 0.15) is 67.8 Å². The van der Waals surface area contributed by atoms with Crippen LogP contribution in [0.25, 0.3) is 0 Å². The van der Waals surface area contributed by atoms with Gasteiger partial charge in [-0.2, -0.15) is 4.98 Å². The Hall–Kier alpha value is -3.44. The Kier molecular flexibility index (Phi) is 7.39. The van der Waals surface area contributed by atoms with Crippen molar-refractivity contribution in [1.82, 2.24) is 20.2 Å². The van der Waals surface area contributed by atoms with Crippen LogP contribution in [-0.2, 0) is 16.0 Å². The monoisotopic (exact) mass is 575 g/mol. The van der Waals surface area contributed by atoms with E-state index in [1.54, 1.807) is 18.1 Å². The lowest BCUT2D eigenvalue weighted by molar-refractivity contribution is -0.120. The van der Waals surface area contributed by atoms with E-state index in [1.807, 2.05) is 12.1 Å². The van der Waals surface area contributed by atoms with Gasteiger partial charge in [0.25, 0.3) is 5.91 Å². The van der Waals surface area contributed by atoms with Gasteiger partial charge in [0.15, 0.2) is 5.82 Å².